The molecule has 78 heavy (non-hydrogen) atoms. The van der Waals surface area contributed by atoms with E-state index in [4.69, 9.17) is 0 Å². The second kappa shape index (κ2) is 56.5. The molecule has 5 rings (SSSR count). The van der Waals surface area contributed by atoms with Crippen LogP contribution in [0.5, 0.6) is 0 Å². The van der Waals surface area contributed by atoms with Crippen LogP contribution >= 0.6 is 11.3 Å². The number of hydrogen-bond acceptors (Lipinski definition) is 4. The molecule has 2 saturated heterocycles. The van der Waals surface area contributed by atoms with E-state index in [0.29, 0.717) is 12.8 Å². The molecule has 3 fully saturated rings. The van der Waals surface area contributed by atoms with Crippen molar-refractivity contribution >= 4 is 11.3 Å². The first-order chi connectivity index (χ1) is 37.6. The number of piperidine rings is 1. The van der Waals surface area contributed by atoms with E-state index in [9.17, 15) is 13.2 Å². The minimum atomic E-state index is -4.23. The Balaban J connectivity index is -0.000000836. The fourth-order valence-electron chi connectivity index (χ4n) is 9.26. The van der Waals surface area contributed by atoms with Crippen LogP contribution in [0.2, 0.25) is 0 Å². The van der Waals surface area contributed by atoms with Crippen molar-refractivity contribution in [3.05, 3.63) is 81.1 Å². The number of aryl methyl sites for hydroxylation is 4. The number of nitrogens with zero attached hydrogens (tertiary/aromatic N) is 3. The van der Waals surface area contributed by atoms with Gasteiger partial charge in [-0.25, -0.2) is 0 Å². The average molecular weight is 1110 g/mol. The zero-order valence-corrected chi connectivity index (χ0v) is 55.4. The number of alkyl halides is 3. The minimum absolute atomic E-state index is 0.512. The number of thiophene rings is 1. The third-order valence-corrected chi connectivity index (χ3v) is 15.8. The van der Waals surface area contributed by atoms with Gasteiger partial charge in [-0.2, -0.15) is 13.2 Å². The number of likely N-dealkylation sites (tertiary alicyclic amines) is 1. The van der Waals surface area contributed by atoms with Gasteiger partial charge in [0.15, 0.2) is 0 Å². The van der Waals surface area contributed by atoms with Crippen molar-refractivity contribution in [1.29, 1.82) is 0 Å². The molecule has 0 bridgehead atoms. The van der Waals surface area contributed by atoms with Gasteiger partial charge in [-0.15, -0.1) is 23.2 Å². The summed E-state index contributed by atoms with van der Waals surface area (Å²) in [6.07, 6.45) is 37.9. The molecule has 3 aliphatic rings. The van der Waals surface area contributed by atoms with E-state index < -0.39 is 11.7 Å². The quantitative estimate of drug-likeness (QED) is 0.0766. The van der Waals surface area contributed by atoms with Crippen molar-refractivity contribution in [1.82, 2.24) is 14.7 Å². The number of likely N-dealkylation sites (N-methyl/N-ethyl adjacent to an activating group) is 1. The summed E-state index contributed by atoms with van der Waals surface area (Å²) < 4.78 is 37.9. The molecule has 0 amide bonds. The summed E-state index contributed by atoms with van der Waals surface area (Å²) in [5.74, 6) is 7.20. The lowest BCUT2D eigenvalue weighted by atomic mass is 9.95. The standard InChI is InChI=1S/C13H17F3.C9H20N2.C9H19N.C9H18.C8H12S.C8H16.C8H14.C7H14/c1-3-5-10-7-11(6-4-2)9-12(8-10)13(14,15)16;1-3-5-11-8-6-10(4-2)7-9-11;1-3-9-5-7-10(4-2)8-6-9;1-3-5-9(6-4-2)7-8-9;1-3-7-5-6-8(4-2)9-7;2*1-3-5-7-8-6-4-2;1-3-5-7-6-4-2/h7-9H,3-6H2,1-2H3;3-9H2,1-2H3;9H,3-8H2,1-2H3;3-8H2,1-2H3;5-6H,3-4H2,1-2H3;7-8H,3-6H2,1-2H3;3-6H2,1-2H3;5,7H,3-4,6H2,1-2H3/b;;;;;8-7+;;7-5-. The van der Waals surface area contributed by atoms with E-state index in [1.807, 2.05) is 31.3 Å². The lowest BCUT2D eigenvalue weighted by Crippen LogP contribution is -2.46. The molecule has 0 N–H and O–H groups in total. The zero-order valence-electron chi connectivity index (χ0n) is 54.6. The van der Waals surface area contributed by atoms with Crippen LogP contribution in [0.1, 0.15) is 285 Å². The Morgan fingerprint density at radius 2 is 0.936 bits per heavy atom. The van der Waals surface area contributed by atoms with Crippen LogP contribution in [-0.2, 0) is 31.9 Å². The van der Waals surface area contributed by atoms with Gasteiger partial charge in [0.1, 0.15) is 0 Å². The van der Waals surface area contributed by atoms with Gasteiger partial charge >= 0.3 is 6.18 Å². The third-order valence-electron chi connectivity index (χ3n) is 14.4. The summed E-state index contributed by atoms with van der Waals surface area (Å²) >= 11 is 1.93. The second-order valence-electron chi connectivity index (χ2n) is 21.7. The molecule has 1 saturated carbocycles. The molecule has 456 valence electrons. The predicted molar refractivity (Wildman–Crippen MR) is 349 cm³/mol. The Morgan fingerprint density at radius 3 is 1.24 bits per heavy atom. The second-order valence-corrected chi connectivity index (χ2v) is 23.0. The van der Waals surface area contributed by atoms with Gasteiger partial charge < -0.3 is 14.7 Å². The largest absolute Gasteiger partial charge is 0.416 e. The third kappa shape index (κ3) is 47.3. The Bertz CT molecular complexity index is 1580. The van der Waals surface area contributed by atoms with Crippen molar-refractivity contribution in [3.8, 4) is 11.8 Å². The molecule has 3 heterocycles. The molecule has 2 aliphatic heterocycles. The van der Waals surface area contributed by atoms with Crippen molar-refractivity contribution in [2.24, 2.45) is 11.3 Å². The summed E-state index contributed by atoms with van der Waals surface area (Å²) in [6, 6.07) is 8.88. The van der Waals surface area contributed by atoms with Crippen LogP contribution in [0.4, 0.5) is 13.2 Å². The number of benzene rings is 1. The Morgan fingerprint density at radius 1 is 0.513 bits per heavy atom. The van der Waals surface area contributed by atoms with Gasteiger partial charge in [-0.3, -0.25) is 0 Å². The van der Waals surface area contributed by atoms with E-state index in [0.717, 1.165) is 48.1 Å². The highest BCUT2D eigenvalue weighted by molar-refractivity contribution is 7.11. The van der Waals surface area contributed by atoms with Crippen LogP contribution in [0.25, 0.3) is 0 Å². The summed E-state index contributed by atoms with van der Waals surface area (Å²) in [5, 5.41) is 0. The highest BCUT2D eigenvalue weighted by Gasteiger charge is 2.39. The van der Waals surface area contributed by atoms with Crippen molar-refractivity contribution in [2.45, 2.75) is 290 Å². The zero-order chi connectivity index (χ0) is 59.1. The summed E-state index contributed by atoms with van der Waals surface area (Å²) in [4.78, 5) is 10.6. The van der Waals surface area contributed by atoms with Crippen LogP contribution in [0, 0.1) is 23.2 Å². The molecule has 2 aromatic rings. The normalized spacial score (nSPS) is 15.1. The first kappa shape index (κ1) is 79.9. The summed E-state index contributed by atoms with van der Waals surface area (Å²) in [5.41, 5.74) is 1.92. The topological polar surface area (TPSA) is 9.72 Å². The van der Waals surface area contributed by atoms with Gasteiger partial charge in [0, 0.05) is 48.8 Å². The molecule has 1 aromatic carbocycles. The van der Waals surface area contributed by atoms with Gasteiger partial charge in [-0.1, -0.05) is 193 Å². The minimum Gasteiger partial charge on any atom is -0.304 e. The number of hydrogen-bond donors (Lipinski definition) is 0. The molecule has 7 heteroatoms. The number of allylic oxidation sites excluding steroid dienone is 4. The monoisotopic (exact) mass is 1110 g/mol. The highest BCUT2D eigenvalue weighted by Crippen LogP contribution is 2.53. The SMILES string of the molecule is CC/C=C\CCC.CCC/C=C/CCC.CCC1CCN(CC)CC1.CCCC#CCCC.CCCC1(CCC)CC1.CCCN1CCN(CC)CC1.CCCc1cc(CCC)cc(C(F)(F)F)c1.CCc1ccc(CC)s1. The molecule has 0 spiro atoms. The number of halogens is 3. The molecule has 0 radical (unpaired) electrons. The maximum Gasteiger partial charge on any atom is 0.416 e. The molecule has 0 atom stereocenters. The molecular formula is C71H130F3N3S. The van der Waals surface area contributed by atoms with E-state index in [-0.39, 0.29) is 0 Å². The number of rotatable bonds is 24. The molecular weight excluding hydrogens is 984 g/mol. The van der Waals surface area contributed by atoms with Gasteiger partial charge in [-0.05, 0) is 189 Å². The molecule has 3 nitrogen and oxygen atoms in total. The van der Waals surface area contributed by atoms with Crippen LogP contribution in [0.15, 0.2) is 54.6 Å². The van der Waals surface area contributed by atoms with E-state index >= 15 is 0 Å². The number of piperazine rings is 1. The first-order valence-corrected chi connectivity index (χ1v) is 33.7. The van der Waals surface area contributed by atoms with Crippen molar-refractivity contribution < 1.29 is 13.2 Å². The average Bonchev–Trinajstić information content (AvgIpc) is 4.04. The molecule has 1 aromatic heterocycles. The first-order valence-electron chi connectivity index (χ1n) is 32.8. The Hall–Kier alpha value is -2.37. The maximum atomic E-state index is 12.6. The van der Waals surface area contributed by atoms with Crippen molar-refractivity contribution in [2.75, 3.05) is 58.9 Å². The number of unbranched alkanes of at least 4 members (excludes halogenated alkanes) is 5. The van der Waals surface area contributed by atoms with E-state index in [1.165, 1.54) is 216 Å². The van der Waals surface area contributed by atoms with Crippen LogP contribution in [-0.4, -0.2) is 73.6 Å². The fraction of sp³-hybridized carbons (Fsp3) is 0.775. The van der Waals surface area contributed by atoms with Gasteiger partial charge in [0.25, 0.3) is 0 Å². The Labute approximate surface area is 490 Å². The Kier molecular flexibility index (Phi) is 57.8. The highest BCUT2D eigenvalue weighted by atomic mass is 32.1. The van der Waals surface area contributed by atoms with Gasteiger partial charge in [0.05, 0.1) is 5.56 Å². The van der Waals surface area contributed by atoms with E-state index in [2.05, 4.69) is 160 Å². The van der Waals surface area contributed by atoms with Crippen molar-refractivity contribution in [3.63, 3.8) is 0 Å². The molecule has 1 aliphatic carbocycles. The fourth-order valence-corrected chi connectivity index (χ4v) is 10.2. The van der Waals surface area contributed by atoms with Crippen LogP contribution < -0.4 is 0 Å². The maximum absolute atomic E-state index is 12.6. The van der Waals surface area contributed by atoms with Gasteiger partial charge in [0.2, 0.25) is 0 Å². The van der Waals surface area contributed by atoms with E-state index in [1.54, 1.807) is 0 Å². The summed E-state index contributed by atoms with van der Waals surface area (Å²) in [7, 11) is 0. The summed E-state index contributed by atoms with van der Waals surface area (Å²) in [6.45, 7) is 46.6. The lowest BCUT2D eigenvalue weighted by Gasteiger charge is -2.33. The lowest BCUT2D eigenvalue weighted by molar-refractivity contribution is -0.137. The predicted octanol–water partition coefficient (Wildman–Crippen LogP) is 22.5. The smallest absolute Gasteiger partial charge is 0.304 e. The van der Waals surface area contributed by atoms with Crippen LogP contribution in [0.3, 0.4) is 0 Å². The molecule has 0 unspecified atom stereocenters.